The minimum atomic E-state index is -3.31. The van der Waals surface area contributed by atoms with Crippen LogP contribution < -0.4 is 0 Å². The minimum Gasteiger partial charge on any atom is -0.244 e. The molecular formula is C10H14ClNO2S. The van der Waals surface area contributed by atoms with E-state index in [1.165, 1.54) is 6.07 Å². The number of pyridine rings is 1. The molecule has 0 bridgehead atoms. The number of rotatable bonds is 4. The first kappa shape index (κ1) is 12.5. The summed E-state index contributed by atoms with van der Waals surface area (Å²) in [7, 11) is -3.31. The van der Waals surface area contributed by atoms with Crippen molar-refractivity contribution >= 4 is 21.4 Å². The molecule has 0 saturated carbocycles. The summed E-state index contributed by atoms with van der Waals surface area (Å²) in [5, 5.41) is -0.351. The molecule has 0 aliphatic heterocycles. The highest BCUT2D eigenvalue weighted by Gasteiger charge is 2.23. The Kier molecular flexibility index (Phi) is 4.11. The Morgan fingerprint density at radius 2 is 2.13 bits per heavy atom. The molecule has 1 heterocycles. The van der Waals surface area contributed by atoms with Crippen molar-refractivity contribution in [3.8, 4) is 0 Å². The standard InChI is InChI=1S/C10H14ClNO2S/c1-8-3-4-10(12-7-8)15(13,14)9(2)5-6-11/h3-4,7,9H,5-6H2,1-2H3. The predicted octanol–water partition coefficient (Wildman–Crippen LogP) is 2.18. The summed E-state index contributed by atoms with van der Waals surface area (Å²) in [6.45, 7) is 3.52. The van der Waals surface area contributed by atoms with Gasteiger partial charge in [-0.2, -0.15) is 0 Å². The van der Waals surface area contributed by atoms with E-state index < -0.39 is 15.1 Å². The van der Waals surface area contributed by atoms with E-state index >= 15 is 0 Å². The Balaban J connectivity index is 3.01. The van der Waals surface area contributed by atoms with Gasteiger partial charge in [-0.1, -0.05) is 6.07 Å². The summed E-state index contributed by atoms with van der Waals surface area (Å²) in [4.78, 5) is 3.92. The van der Waals surface area contributed by atoms with Crippen molar-refractivity contribution in [1.82, 2.24) is 4.98 Å². The molecule has 0 saturated heterocycles. The molecule has 0 N–H and O–H groups in total. The molecule has 1 atom stereocenters. The summed E-state index contributed by atoms with van der Waals surface area (Å²) in [5.74, 6) is 0.340. The molecule has 84 valence electrons. The molecule has 0 spiro atoms. The maximum absolute atomic E-state index is 11.9. The van der Waals surface area contributed by atoms with Gasteiger partial charge in [0.2, 0.25) is 0 Å². The van der Waals surface area contributed by atoms with Crippen LogP contribution in [-0.4, -0.2) is 24.5 Å². The summed E-state index contributed by atoms with van der Waals surface area (Å²) < 4.78 is 23.8. The maximum atomic E-state index is 11.9. The fourth-order valence-electron chi connectivity index (χ4n) is 1.14. The van der Waals surface area contributed by atoms with E-state index in [0.29, 0.717) is 12.3 Å². The van der Waals surface area contributed by atoms with Crippen LogP contribution in [0.25, 0.3) is 0 Å². The van der Waals surface area contributed by atoms with Crippen LogP contribution in [0.5, 0.6) is 0 Å². The predicted molar refractivity (Wildman–Crippen MR) is 61.0 cm³/mol. The topological polar surface area (TPSA) is 47.0 Å². The van der Waals surface area contributed by atoms with Crippen LogP contribution in [0, 0.1) is 6.92 Å². The highest BCUT2D eigenvalue weighted by atomic mass is 35.5. The highest BCUT2D eigenvalue weighted by Crippen LogP contribution is 2.16. The second-order valence-corrected chi connectivity index (χ2v) is 6.20. The molecule has 0 radical (unpaired) electrons. The van der Waals surface area contributed by atoms with Gasteiger partial charge < -0.3 is 0 Å². The van der Waals surface area contributed by atoms with Gasteiger partial charge in [0.25, 0.3) is 0 Å². The van der Waals surface area contributed by atoms with E-state index in [1.807, 2.05) is 6.92 Å². The zero-order valence-corrected chi connectivity index (χ0v) is 10.3. The maximum Gasteiger partial charge on any atom is 0.198 e. The van der Waals surface area contributed by atoms with E-state index in [-0.39, 0.29) is 5.03 Å². The first-order chi connectivity index (χ1) is 6.98. The molecule has 0 aliphatic carbocycles. The zero-order chi connectivity index (χ0) is 11.5. The van der Waals surface area contributed by atoms with Gasteiger partial charge in [0.15, 0.2) is 14.9 Å². The number of hydrogen-bond donors (Lipinski definition) is 0. The van der Waals surface area contributed by atoms with E-state index in [0.717, 1.165) is 5.56 Å². The van der Waals surface area contributed by atoms with Gasteiger partial charge >= 0.3 is 0 Å². The molecule has 1 aromatic rings. The largest absolute Gasteiger partial charge is 0.244 e. The smallest absolute Gasteiger partial charge is 0.198 e. The highest BCUT2D eigenvalue weighted by molar-refractivity contribution is 7.92. The Hall–Kier alpha value is -0.610. The van der Waals surface area contributed by atoms with Crippen molar-refractivity contribution < 1.29 is 8.42 Å². The Morgan fingerprint density at radius 1 is 1.47 bits per heavy atom. The second kappa shape index (κ2) is 4.94. The van der Waals surface area contributed by atoms with E-state index in [9.17, 15) is 8.42 Å². The first-order valence-corrected chi connectivity index (χ1v) is 6.79. The lowest BCUT2D eigenvalue weighted by Gasteiger charge is -2.10. The minimum absolute atomic E-state index is 0.130. The quantitative estimate of drug-likeness (QED) is 0.767. The molecule has 0 aromatic carbocycles. The molecule has 15 heavy (non-hydrogen) atoms. The zero-order valence-electron chi connectivity index (χ0n) is 8.77. The molecule has 1 rings (SSSR count). The van der Waals surface area contributed by atoms with Crippen LogP contribution in [-0.2, 0) is 9.84 Å². The van der Waals surface area contributed by atoms with E-state index in [4.69, 9.17) is 11.6 Å². The lowest BCUT2D eigenvalue weighted by molar-refractivity contribution is 0.577. The monoisotopic (exact) mass is 247 g/mol. The number of aromatic nitrogens is 1. The molecule has 1 unspecified atom stereocenters. The number of aryl methyl sites for hydroxylation is 1. The Labute approximate surface area is 95.4 Å². The van der Waals surface area contributed by atoms with Gasteiger partial charge in [-0.15, -0.1) is 11.6 Å². The molecule has 3 nitrogen and oxygen atoms in total. The van der Waals surface area contributed by atoms with Gasteiger partial charge in [-0.3, -0.25) is 0 Å². The van der Waals surface area contributed by atoms with Crippen molar-refractivity contribution in [2.45, 2.75) is 30.5 Å². The molecule has 0 aliphatic rings. The summed E-state index contributed by atoms with van der Waals surface area (Å²) in [6.07, 6.45) is 2.00. The van der Waals surface area contributed by atoms with Crippen LogP contribution in [0.2, 0.25) is 0 Å². The van der Waals surface area contributed by atoms with Crippen molar-refractivity contribution in [2.75, 3.05) is 5.88 Å². The van der Waals surface area contributed by atoms with Crippen LogP contribution >= 0.6 is 11.6 Å². The SMILES string of the molecule is Cc1ccc(S(=O)(=O)C(C)CCCl)nc1. The molecular weight excluding hydrogens is 234 g/mol. The van der Waals surface area contributed by atoms with Gasteiger partial charge in [0.05, 0.1) is 5.25 Å². The van der Waals surface area contributed by atoms with Crippen molar-refractivity contribution in [2.24, 2.45) is 0 Å². The van der Waals surface area contributed by atoms with E-state index in [1.54, 1.807) is 19.2 Å². The Bertz CT molecular complexity index is 414. The Morgan fingerprint density at radius 3 is 2.60 bits per heavy atom. The second-order valence-electron chi connectivity index (χ2n) is 3.51. The molecule has 0 amide bonds. The lowest BCUT2D eigenvalue weighted by atomic mass is 10.3. The average molecular weight is 248 g/mol. The van der Waals surface area contributed by atoms with Crippen LogP contribution in [0.4, 0.5) is 0 Å². The fraction of sp³-hybridized carbons (Fsp3) is 0.500. The number of hydrogen-bond acceptors (Lipinski definition) is 3. The summed E-state index contributed by atoms with van der Waals surface area (Å²) in [5.41, 5.74) is 0.943. The third-order valence-corrected chi connectivity index (χ3v) is 4.56. The number of sulfone groups is 1. The fourth-order valence-corrected chi connectivity index (χ4v) is 2.89. The lowest BCUT2D eigenvalue weighted by Crippen LogP contribution is -2.19. The van der Waals surface area contributed by atoms with Crippen LogP contribution in [0.15, 0.2) is 23.4 Å². The van der Waals surface area contributed by atoms with Gasteiger partial charge in [-0.05, 0) is 31.9 Å². The third kappa shape index (κ3) is 2.92. The van der Waals surface area contributed by atoms with Gasteiger partial charge in [0.1, 0.15) is 0 Å². The van der Waals surface area contributed by atoms with Gasteiger partial charge in [-0.25, -0.2) is 13.4 Å². The average Bonchev–Trinajstić information content (AvgIpc) is 2.18. The number of nitrogens with zero attached hydrogens (tertiary/aromatic N) is 1. The normalized spacial score (nSPS) is 13.8. The molecule has 0 fully saturated rings. The molecule has 1 aromatic heterocycles. The third-order valence-electron chi connectivity index (χ3n) is 2.22. The van der Waals surface area contributed by atoms with Crippen molar-refractivity contribution in [3.05, 3.63) is 23.9 Å². The molecule has 5 heteroatoms. The summed E-state index contributed by atoms with van der Waals surface area (Å²) in [6, 6.07) is 3.28. The number of alkyl halides is 1. The van der Waals surface area contributed by atoms with E-state index in [2.05, 4.69) is 4.98 Å². The summed E-state index contributed by atoms with van der Waals surface area (Å²) >= 11 is 5.53. The first-order valence-electron chi connectivity index (χ1n) is 4.71. The number of halogens is 1. The van der Waals surface area contributed by atoms with Crippen molar-refractivity contribution in [1.29, 1.82) is 0 Å². The van der Waals surface area contributed by atoms with Crippen LogP contribution in [0.1, 0.15) is 18.9 Å². The van der Waals surface area contributed by atoms with Crippen LogP contribution in [0.3, 0.4) is 0 Å². The van der Waals surface area contributed by atoms with Crippen molar-refractivity contribution in [3.63, 3.8) is 0 Å². The van der Waals surface area contributed by atoms with Gasteiger partial charge in [0, 0.05) is 12.1 Å².